The molecule has 2 rings (SSSR count). The van der Waals surface area contributed by atoms with Crippen molar-refractivity contribution >= 4 is 21.6 Å². The molecule has 1 heterocycles. The highest BCUT2D eigenvalue weighted by Gasteiger charge is 2.19. The van der Waals surface area contributed by atoms with Crippen LogP contribution in [0, 0.1) is 0 Å². The van der Waals surface area contributed by atoms with Gasteiger partial charge < -0.3 is 4.74 Å². The molecule has 0 aliphatic carbocycles. The molecule has 1 N–H and O–H groups in total. The average Bonchev–Trinajstić information content (AvgIpc) is 2.92. The van der Waals surface area contributed by atoms with Crippen molar-refractivity contribution in [2.45, 2.75) is 31.8 Å². The largest absolute Gasteiger partial charge is 0.378 e. The lowest BCUT2D eigenvalue weighted by Gasteiger charge is -2.11. The molecule has 0 aromatic heterocycles. The lowest BCUT2D eigenvalue weighted by atomic mass is 10.1. The molecule has 1 fully saturated rings. The maximum atomic E-state index is 11.9. The molecule has 1 unspecified atom stereocenters. The van der Waals surface area contributed by atoms with Crippen LogP contribution in [-0.2, 0) is 21.2 Å². The van der Waals surface area contributed by atoms with E-state index in [2.05, 4.69) is 4.72 Å². The van der Waals surface area contributed by atoms with Crippen molar-refractivity contribution in [2.75, 3.05) is 18.9 Å². The summed E-state index contributed by atoms with van der Waals surface area (Å²) in [7, 11) is -3.23. The van der Waals surface area contributed by atoms with E-state index in [1.54, 1.807) is 0 Å². The fourth-order valence-corrected chi connectivity index (χ4v) is 3.63. The lowest BCUT2D eigenvalue weighted by Crippen LogP contribution is -2.29. The molecule has 1 aliphatic rings. The second-order valence-corrected chi connectivity index (χ2v) is 7.31. The molecule has 1 saturated heterocycles. The third-order valence-corrected chi connectivity index (χ3v) is 5.19. The van der Waals surface area contributed by atoms with E-state index in [1.807, 2.05) is 24.3 Å². The van der Waals surface area contributed by atoms with Crippen molar-refractivity contribution in [3.8, 4) is 0 Å². The Kier molecular flexibility index (Phi) is 5.84. The van der Waals surface area contributed by atoms with Crippen LogP contribution in [0.4, 0.5) is 0 Å². The molecule has 0 saturated carbocycles. The second kappa shape index (κ2) is 7.41. The highest BCUT2D eigenvalue weighted by molar-refractivity contribution is 7.89. The smallest absolute Gasteiger partial charge is 0.211 e. The predicted octanol–water partition coefficient (Wildman–Crippen LogP) is 2.37. The molecule has 1 atom stereocenters. The predicted molar refractivity (Wildman–Crippen MR) is 80.5 cm³/mol. The Morgan fingerprint density at radius 1 is 1.35 bits per heavy atom. The van der Waals surface area contributed by atoms with E-state index in [1.165, 1.54) is 0 Å². The van der Waals surface area contributed by atoms with Crippen molar-refractivity contribution in [2.24, 2.45) is 0 Å². The molecule has 1 aromatic carbocycles. The van der Waals surface area contributed by atoms with E-state index in [0.29, 0.717) is 24.4 Å². The van der Waals surface area contributed by atoms with E-state index in [4.69, 9.17) is 16.3 Å². The van der Waals surface area contributed by atoms with Crippen LogP contribution in [0.25, 0.3) is 0 Å². The minimum absolute atomic E-state index is 0.107. The zero-order valence-electron chi connectivity index (χ0n) is 11.3. The van der Waals surface area contributed by atoms with Gasteiger partial charge in [0.15, 0.2) is 0 Å². The van der Waals surface area contributed by atoms with Crippen molar-refractivity contribution < 1.29 is 13.2 Å². The molecular weight excluding hydrogens is 298 g/mol. The van der Waals surface area contributed by atoms with Gasteiger partial charge in [-0.05, 0) is 37.3 Å². The number of rotatable bonds is 7. The maximum Gasteiger partial charge on any atom is 0.211 e. The van der Waals surface area contributed by atoms with E-state index in [-0.39, 0.29) is 11.9 Å². The van der Waals surface area contributed by atoms with E-state index >= 15 is 0 Å². The topological polar surface area (TPSA) is 55.4 Å². The summed E-state index contributed by atoms with van der Waals surface area (Å²) in [5, 5.41) is 0.672. The van der Waals surface area contributed by atoms with E-state index in [9.17, 15) is 8.42 Å². The fraction of sp³-hybridized carbons (Fsp3) is 0.571. The van der Waals surface area contributed by atoms with Crippen LogP contribution in [0.2, 0.25) is 5.02 Å². The summed E-state index contributed by atoms with van der Waals surface area (Å²) < 4.78 is 31.8. The van der Waals surface area contributed by atoms with Crippen LogP contribution in [0.1, 0.15) is 24.8 Å². The van der Waals surface area contributed by atoms with Crippen LogP contribution >= 0.6 is 11.6 Å². The SMILES string of the molecule is O=S(=O)(CCC1CCCO1)NCCc1ccccc1Cl. The molecule has 6 heteroatoms. The van der Waals surface area contributed by atoms with Gasteiger partial charge in [-0.1, -0.05) is 29.8 Å². The first-order valence-corrected chi connectivity index (χ1v) is 8.92. The van der Waals surface area contributed by atoms with Crippen LogP contribution in [0.3, 0.4) is 0 Å². The Morgan fingerprint density at radius 3 is 2.85 bits per heavy atom. The van der Waals surface area contributed by atoms with Crippen LogP contribution in [0.5, 0.6) is 0 Å². The molecular formula is C14H20ClNO3S. The zero-order chi connectivity index (χ0) is 14.4. The number of sulfonamides is 1. The Bertz CT molecular complexity index is 527. The Labute approximate surface area is 125 Å². The summed E-state index contributed by atoms with van der Waals surface area (Å²) in [4.78, 5) is 0. The highest BCUT2D eigenvalue weighted by Crippen LogP contribution is 2.16. The molecule has 4 nitrogen and oxygen atoms in total. The maximum absolute atomic E-state index is 11.9. The third kappa shape index (κ3) is 5.05. The minimum atomic E-state index is -3.23. The van der Waals surface area contributed by atoms with Crippen LogP contribution in [0.15, 0.2) is 24.3 Å². The van der Waals surface area contributed by atoms with Crippen LogP contribution < -0.4 is 4.72 Å². The van der Waals surface area contributed by atoms with Gasteiger partial charge >= 0.3 is 0 Å². The quantitative estimate of drug-likeness (QED) is 0.840. The summed E-state index contributed by atoms with van der Waals surface area (Å²) in [5.41, 5.74) is 0.955. The fourth-order valence-electron chi connectivity index (χ4n) is 2.27. The number of hydrogen-bond donors (Lipinski definition) is 1. The first-order valence-electron chi connectivity index (χ1n) is 6.89. The summed E-state index contributed by atoms with van der Waals surface area (Å²) in [5.74, 6) is 0.125. The minimum Gasteiger partial charge on any atom is -0.378 e. The molecule has 20 heavy (non-hydrogen) atoms. The normalized spacial score (nSPS) is 19.4. The number of benzene rings is 1. The van der Waals surface area contributed by atoms with Gasteiger partial charge in [-0.25, -0.2) is 13.1 Å². The molecule has 0 amide bonds. The van der Waals surface area contributed by atoms with Gasteiger partial charge in [0.25, 0.3) is 0 Å². The Hall–Kier alpha value is -0.620. The average molecular weight is 318 g/mol. The van der Waals surface area contributed by atoms with Crippen molar-refractivity contribution in [1.29, 1.82) is 0 Å². The standard InChI is InChI=1S/C14H20ClNO3S/c15-14-6-2-1-4-12(14)7-9-16-20(17,18)11-8-13-5-3-10-19-13/h1-2,4,6,13,16H,3,5,7-11H2. The van der Waals surface area contributed by atoms with E-state index < -0.39 is 10.0 Å². The second-order valence-electron chi connectivity index (χ2n) is 4.98. The number of nitrogens with one attached hydrogen (secondary N) is 1. The van der Waals surface area contributed by atoms with Gasteiger partial charge in [0.2, 0.25) is 10.0 Å². The Balaban J connectivity index is 1.73. The monoisotopic (exact) mass is 317 g/mol. The first-order chi connectivity index (χ1) is 9.57. The molecule has 112 valence electrons. The lowest BCUT2D eigenvalue weighted by molar-refractivity contribution is 0.109. The summed E-state index contributed by atoms with van der Waals surface area (Å²) >= 11 is 6.03. The number of ether oxygens (including phenoxy) is 1. The first kappa shape index (κ1) is 15.8. The van der Waals surface area contributed by atoms with Gasteiger partial charge in [0.1, 0.15) is 0 Å². The molecule has 0 bridgehead atoms. The van der Waals surface area contributed by atoms with Crippen molar-refractivity contribution in [3.63, 3.8) is 0 Å². The summed E-state index contributed by atoms with van der Waals surface area (Å²) in [6.07, 6.45) is 3.27. The third-order valence-electron chi connectivity index (χ3n) is 3.41. The number of hydrogen-bond acceptors (Lipinski definition) is 3. The van der Waals surface area contributed by atoms with Gasteiger partial charge in [-0.15, -0.1) is 0 Å². The molecule has 1 aliphatic heterocycles. The summed E-state index contributed by atoms with van der Waals surface area (Å²) in [6, 6.07) is 7.47. The molecule has 1 aromatic rings. The van der Waals surface area contributed by atoms with Gasteiger partial charge in [0, 0.05) is 18.2 Å². The molecule has 0 radical (unpaired) electrons. The van der Waals surface area contributed by atoms with Gasteiger partial charge in [-0.3, -0.25) is 0 Å². The van der Waals surface area contributed by atoms with Crippen LogP contribution in [-0.4, -0.2) is 33.4 Å². The van der Waals surface area contributed by atoms with Crippen molar-refractivity contribution in [3.05, 3.63) is 34.9 Å². The highest BCUT2D eigenvalue weighted by atomic mass is 35.5. The van der Waals surface area contributed by atoms with E-state index in [0.717, 1.165) is 25.0 Å². The van der Waals surface area contributed by atoms with Gasteiger partial charge in [-0.2, -0.15) is 0 Å². The molecule has 0 spiro atoms. The van der Waals surface area contributed by atoms with Gasteiger partial charge in [0.05, 0.1) is 11.9 Å². The summed E-state index contributed by atoms with van der Waals surface area (Å²) in [6.45, 7) is 1.13. The number of halogens is 1. The Morgan fingerprint density at radius 2 is 2.15 bits per heavy atom. The van der Waals surface area contributed by atoms with Crippen molar-refractivity contribution in [1.82, 2.24) is 4.72 Å². The zero-order valence-corrected chi connectivity index (χ0v) is 12.9.